The van der Waals surface area contributed by atoms with Crippen molar-refractivity contribution in [2.75, 3.05) is 6.61 Å². The molecule has 0 aliphatic heterocycles. The third-order valence-electron chi connectivity index (χ3n) is 2.59. The van der Waals surface area contributed by atoms with E-state index in [4.69, 9.17) is 4.74 Å². The topological polar surface area (TPSA) is 39.2 Å². The molecular formula is C14H13F2NO2S. The molecule has 0 aliphatic carbocycles. The Morgan fingerprint density at radius 3 is 2.65 bits per heavy atom. The Morgan fingerprint density at radius 1 is 1.35 bits per heavy atom. The summed E-state index contributed by atoms with van der Waals surface area (Å²) in [6.45, 7) is 2.08. The minimum Gasteiger partial charge on any atom is -0.466 e. The normalized spacial score (nSPS) is 10.8. The van der Waals surface area contributed by atoms with Gasteiger partial charge in [-0.1, -0.05) is 24.3 Å². The number of esters is 1. The molecule has 1 heterocycles. The van der Waals surface area contributed by atoms with Gasteiger partial charge >= 0.3 is 5.97 Å². The monoisotopic (exact) mass is 297 g/mol. The summed E-state index contributed by atoms with van der Waals surface area (Å²) in [6.07, 6.45) is -2.35. The summed E-state index contributed by atoms with van der Waals surface area (Å²) in [5.41, 5.74) is 1.37. The molecule has 0 fully saturated rings. The number of alkyl halides is 2. The summed E-state index contributed by atoms with van der Waals surface area (Å²) in [7, 11) is 0. The van der Waals surface area contributed by atoms with E-state index in [1.807, 2.05) is 0 Å². The number of carbonyl (C=O) groups excluding carboxylic acids is 1. The lowest BCUT2D eigenvalue weighted by Crippen LogP contribution is -2.07. The van der Waals surface area contributed by atoms with E-state index >= 15 is 0 Å². The van der Waals surface area contributed by atoms with E-state index < -0.39 is 6.43 Å². The molecule has 6 heteroatoms. The summed E-state index contributed by atoms with van der Waals surface area (Å²) in [6, 6.07) is 5.97. The molecular weight excluding hydrogens is 284 g/mol. The van der Waals surface area contributed by atoms with Crippen molar-refractivity contribution in [1.29, 1.82) is 0 Å². The highest BCUT2D eigenvalue weighted by molar-refractivity contribution is 7.13. The zero-order chi connectivity index (χ0) is 14.5. The number of rotatable bonds is 5. The van der Waals surface area contributed by atoms with Gasteiger partial charge < -0.3 is 4.74 Å². The second-order valence-corrected chi connectivity index (χ2v) is 4.91. The second-order valence-electron chi connectivity index (χ2n) is 4.05. The first-order valence-corrected chi connectivity index (χ1v) is 6.96. The van der Waals surface area contributed by atoms with Crippen LogP contribution in [0.2, 0.25) is 0 Å². The number of hydrogen-bond acceptors (Lipinski definition) is 4. The zero-order valence-corrected chi connectivity index (χ0v) is 11.6. The van der Waals surface area contributed by atoms with Gasteiger partial charge in [0.25, 0.3) is 6.43 Å². The lowest BCUT2D eigenvalue weighted by molar-refractivity contribution is -0.142. The first kappa shape index (κ1) is 14.6. The van der Waals surface area contributed by atoms with Crippen LogP contribution in [0.15, 0.2) is 29.6 Å². The molecule has 106 valence electrons. The van der Waals surface area contributed by atoms with Crippen LogP contribution in [-0.2, 0) is 16.0 Å². The average Bonchev–Trinajstić information content (AvgIpc) is 2.87. The Kier molecular flexibility index (Phi) is 4.79. The van der Waals surface area contributed by atoms with Crippen LogP contribution in [0.25, 0.3) is 10.6 Å². The van der Waals surface area contributed by atoms with Crippen molar-refractivity contribution in [3.05, 3.63) is 40.9 Å². The fourth-order valence-corrected chi connectivity index (χ4v) is 2.48. The molecule has 0 spiro atoms. The summed E-state index contributed by atoms with van der Waals surface area (Å²) < 4.78 is 29.8. The Bertz CT molecular complexity index is 581. The van der Waals surface area contributed by atoms with Crippen LogP contribution in [-0.4, -0.2) is 17.6 Å². The molecule has 0 saturated heterocycles. The maximum absolute atomic E-state index is 12.5. The molecule has 0 unspecified atom stereocenters. The van der Waals surface area contributed by atoms with Gasteiger partial charge in [-0.05, 0) is 6.92 Å². The van der Waals surface area contributed by atoms with Crippen molar-refractivity contribution in [1.82, 2.24) is 4.98 Å². The highest BCUT2D eigenvalue weighted by Crippen LogP contribution is 2.26. The van der Waals surface area contributed by atoms with E-state index in [1.165, 1.54) is 23.5 Å². The SMILES string of the molecule is CCOC(=O)Cc1csc(-c2ccc(C(F)F)cc2)n1. The number of aromatic nitrogens is 1. The Labute approximate surface area is 119 Å². The molecule has 0 aliphatic rings. The minimum atomic E-state index is -2.47. The Morgan fingerprint density at radius 2 is 2.05 bits per heavy atom. The molecule has 1 aromatic heterocycles. The number of halogens is 2. The van der Waals surface area contributed by atoms with Crippen LogP contribution in [0.3, 0.4) is 0 Å². The number of carbonyl (C=O) groups is 1. The van der Waals surface area contributed by atoms with Gasteiger partial charge in [0.2, 0.25) is 0 Å². The maximum atomic E-state index is 12.5. The number of nitrogens with zero attached hydrogens (tertiary/aromatic N) is 1. The van der Waals surface area contributed by atoms with Gasteiger partial charge in [-0.3, -0.25) is 4.79 Å². The van der Waals surface area contributed by atoms with E-state index in [9.17, 15) is 13.6 Å². The molecule has 0 amide bonds. The number of hydrogen-bond donors (Lipinski definition) is 0. The van der Waals surface area contributed by atoms with Crippen molar-refractivity contribution < 1.29 is 18.3 Å². The summed E-state index contributed by atoms with van der Waals surface area (Å²) in [5.74, 6) is -0.322. The average molecular weight is 297 g/mol. The van der Waals surface area contributed by atoms with Crippen LogP contribution >= 0.6 is 11.3 Å². The molecule has 0 N–H and O–H groups in total. The third-order valence-corrected chi connectivity index (χ3v) is 3.53. The van der Waals surface area contributed by atoms with Gasteiger partial charge in [0.1, 0.15) is 5.01 Å². The van der Waals surface area contributed by atoms with Crippen LogP contribution in [0, 0.1) is 0 Å². The van der Waals surface area contributed by atoms with E-state index in [1.54, 1.807) is 24.4 Å². The van der Waals surface area contributed by atoms with Crippen LogP contribution in [0.4, 0.5) is 8.78 Å². The zero-order valence-electron chi connectivity index (χ0n) is 10.8. The number of benzene rings is 1. The smallest absolute Gasteiger partial charge is 0.311 e. The van der Waals surface area contributed by atoms with Gasteiger partial charge in [0, 0.05) is 16.5 Å². The van der Waals surface area contributed by atoms with E-state index in [-0.39, 0.29) is 18.0 Å². The van der Waals surface area contributed by atoms with E-state index in [0.717, 1.165) is 5.56 Å². The fourth-order valence-electron chi connectivity index (χ4n) is 1.65. The van der Waals surface area contributed by atoms with Crippen LogP contribution in [0.1, 0.15) is 24.6 Å². The quantitative estimate of drug-likeness (QED) is 0.787. The van der Waals surface area contributed by atoms with Gasteiger partial charge in [-0.2, -0.15) is 0 Å². The molecule has 2 aromatic rings. The van der Waals surface area contributed by atoms with Crippen molar-refractivity contribution in [2.24, 2.45) is 0 Å². The predicted molar refractivity (Wildman–Crippen MR) is 72.8 cm³/mol. The number of thiazole rings is 1. The molecule has 0 atom stereocenters. The van der Waals surface area contributed by atoms with Gasteiger partial charge in [-0.25, -0.2) is 13.8 Å². The van der Waals surface area contributed by atoms with Crippen molar-refractivity contribution in [2.45, 2.75) is 19.8 Å². The van der Waals surface area contributed by atoms with Crippen LogP contribution in [0.5, 0.6) is 0 Å². The maximum Gasteiger partial charge on any atom is 0.311 e. The van der Waals surface area contributed by atoms with E-state index in [0.29, 0.717) is 17.3 Å². The number of ether oxygens (including phenoxy) is 1. The molecule has 2 rings (SSSR count). The minimum absolute atomic E-state index is 0.0166. The highest BCUT2D eigenvalue weighted by atomic mass is 32.1. The van der Waals surface area contributed by atoms with Gasteiger partial charge in [0.15, 0.2) is 0 Å². The first-order valence-electron chi connectivity index (χ1n) is 6.08. The fraction of sp³-hybridized carbons (Fsp3) is 0.286. The molecule has 1 aromatic carbocycles. The second kappa shape index (κ2) is 6.56. The lowest BCUT2D eigenvalue weighted by Gasteiger charge is -2.01. The molecule has 0 saturated carbocycles. The lowest BCUT2D eigenvalue weighted by atomic mass is 10.1. The van der Waals surface area contributed by atoms with Gasteiger partial charge in [0.05, 0.1) is 18.7 Å². The summed E-state index contributed by atoms with van der Waals surface area (Å²) in [5, 5.41) is 2.47. The molecule has 3 nitrogen and oxygen atoms in total. The predicted octanol–water partition coefficient (Wildman–Crippen LogP) is 3.85. The third kappa shape index (κ3) is 3.60. The van der Waals surface area contributed by atoms with Crippen molar-refractivity contribution in [3.63, 3.8) is 0 Å². The first-order chi connectivity index (χ1) is 9.60. The van der Waals surface area contributed by atoms with Crippen LogP contribution < -0.4 is 0 Å². The Balaban J connectivity index is 2.10. The standard InChI is InChI=1S/C14H13F2NO2S/c1-2-19-12(18)7-11-8-20-14(17-11)10-5-3-9(4-6-10)13(15)16/h3-6,8,13H,2,7H2,1H3. The summed E-state index contributed by atoms with van der Waals surface area (Å²) in [4.78, 5) is 15.6. The highest BCUT2D eigenvalue weighted by Gasteiger charge is 2.11. The summed E-state index contributed by atoms with van der Waals surface area (Å²) >= 11 is 1.37. The van der Waals surface area contributed by atoms with Gasteiger partial charge in [-0.15, -0.1) is 11.3 Å². The van der Waals surface area contributed by atoms with Crippen molar-refractivity contribution in [3.8, 4) is 10.6 Å². The molecule has 20 heavy (non-hydrogen) atoms. The molecule has 0 bridgehead atoms. The molecule has 0 radical (unpaired) electrons. The van der Waals surface area contributed by atoms with Crippen molar-refractivity contribution >= 4 is 17.3 Å². The van der Waals surface area contributed by atoms with E-state index in [2.05, 4.69) is 4.98 Å². The largest absolute Gasteiger partial charge is 0.466 e. The Hall–Kier alpha value is -1.82.